The summed E-state index contributed by atoms with van der Waals surface area (Å²) in [5.74, 6) is 0.840. The van der Waals surface area contributed by atoms with Crippen LogP contribution in [0.1, 0.15) is 13.8 Å². The van der Waals surface area contributed by atoms with Crippen molar-refractivity contribution < 1.29 is 9.53 Å². The first kappa shape index (κ1) is 16.3. The maximum atomic E-state index is 11.9. The van der Waals surface area contributed by atoms with E-state index in [4.69, 9.17) is 10.5 Å². The van der Waals surface area contributed by atoms with Crippen LogP contribution in [0.2, 0.25) is 0 Å². The third-order valence-corrected chi connectivity index (χ3v) is 3.17. The Bertz CT molecular complexity index is 419. The molecule has 112 valence electrons. The Morgan fingerprint density at radius 3 is 2.50 bits per heavy atom. The number of carbonyl (C=O) groups excluding carboxylic acids is 1. The maximum Gasteiger partial charge on any atom is 0.236 e. The lowest BCUT2D eigenvalue weighted by Crippen LogP contribution is -2.39. The minimum Gasteiger partial charge on any atom is -0.490 e. The van der Waals surface area contributed by atoms with Crippen LogP contribution in [0, 0.1) is 0 Å². The SMILES string of the molecule is CCN(CC)C(=O)CN(C)CCOc1ccccc1N. The van der Waals surface area contributed by atoms with Crippen molar-refractivity contribution in [1.82, 2.24) is 9.80 Å². The Balaban J connectivity index is 2.32. The number of nitrogens with two attached hydrogens (primary N) is 1. The first-order valence-electron chi connectivity index (χ1n) is 7.02. The summed E-state index contributed by atoms with van der Waals surface area (Å²) >= 11 is 0. The lowest BCUT2D eigenvalue weighted by molar-refractivity contribution is -0.131. The van der Waals surface area contributed by atoms with E-state index in [1.54, 1.807) is 0 Å². The molecule has 2 N–H and O–H groups in total. The number of likely N-dealkylation sites (N-methyl/N-ethyl adjacent to an activating group) is 2. The molecule has 0 aliphatic rings. The van der Waals surface area contributed by atoms with Gasteiger partial charge in [0, 0.05) is 19.6 Å². The molecule has 0 unspecified atom stereocenters. The Morgan fingerprint density at radius 1 is 1.25 bits per heavy atom. The highest BCUT2D eigenvalue weighted by molar-refractivity contribution is 5.78. The van der Waals surface area contributed by atoms with Crippen LogP contribution >= 0.6 is 0 Å². The van der Waals surface area contributed by atoms with Gasteiger partial charge in [-0.15, -0.1) is 0 Å². The second-order valence-corrected chi connectivity index (χ2v) is 4.69. The van der Waals surface area contributed by atoms with Crippen LogP contribution in [-0.2, 0) is 4.79 Å². The molecule has 5 heteroatoms. The number of rotatable bonds is 8. The number of nitrogens with zero attached hydrogens (tertiary/aromatic N) is 2. The number of amides is 1. The molecule has 0 aliphatic carbocycles. The number of nitrogen functional groups attached to an aromatic ring is 1. The summed E-state index contributed by atoms with van der Waals surface area (Å²) in [6.07, 6.45) is 0. The lowest BCUT2D eigenvalue weighted by Gasteiger charge is -2.23. The number of benzene rings is 1. The maximum absolute atomic E-state index is 11.9. The summed E-state index contributed by atoms with van der Waals surface area (Å²) in [6.45, 7) is 7.08. The van der Waals surface area contributed by atoms with Crippen LogP contribution in [0.25, 0.3) is 0 Å². The van der Waals surface area contributed by atoms with E-state index in [0.29, 0.717) is 31.1 Å². The van der Waals surface area contributed by atoms with Crippen LogP contribution in [0.4, 0.5) is 5.69 Å². The summed E-state index contributed by atoms with van der Waals surface area (Å²) in [6, 6.07) is 7.41. The van der Waals surface area contributed by atoms with E-state index in [0.717, 1.165) is 13.1 Å². The summed E-state index contributed by atoms with van der Waals surface area (Å²) in [5, 5.41) is 0. The number of anilines is 1. The molecule has 0 heterocycles. The molecule has 0 atom stereocenters. The fraction of sp³-hybridized carbons (Fsp3) is 0.533. The van der Waals surface area contributed by atoms with Crippen molar-refractivity contribution in [2.24, 2.45) is 0 Å². The minimum absolute atomic E-state index is 0.150. The first-order valence-corrected chi connectivity index (χ1v) is 7.02. The zero-order valence-electron chi connectivity index (χ0n) is 12.6. The second kappa shape index (κ2) is 8.43. The van der Waals surface area contributed by atoms with E-state index >= 15 is 0 Å². The standard InChI is InChI=1S/C15H25N3O2/c1-4-18(5-2)15(19)12-17(3)10-11-20-14-9-7-6-8-13(14)16/h6-9H,4-5,10-12,16H2,1-3H3. The fourth-order valence-corrected chi connectivity index (χ4v) is 1.91. The van der Waals surface area contributed by atoms with Crippen molar-refractivity contribution in [3.8, 4) is 5.75 Å². The molecule has 1 aromatic carbocycles. The zero-order valence-corrected chi connectivity index (χ0v) is 12.6. The van der Waals surface area contributed by atoms with Gasteiger partial charge in [0.05, 0.1) is 12.2 Å². The van der Waals surface area contributed by atoms with Crippen LogP contribution < -0.4 is 10.5 Å². The number of carbonyl (C=O) groups is 1. The first-order chi connectivity index (χ1) is 9.58. The normalized spacial score (nSPS) is 10.6. The number of ether oxygens (including phenoxy) is 1. The van der Waals surface area contributed by atoms with E-state index in [2.05, 4.69) is 0 Å². The smallest absolute Gasteiger partial charge is 0.236 e. The molecule has 0 bridgehead atoms. The van der Waals surface area contributed by atoms with E-state index < -0.39 is 0 Å². The average molecular weight is 279 g/mol. The van der Waals surface area contributed by atoms with E-state index in [-0.39, 0.29) is 5.91 Å². The van der Waals surface area contributed by atoms with Crippen LogP contribution in [0.15, 0.2) is 24.3 Å². The van der Waals surface area contributed by atoms with Gasteiger partial charge < -0.3 is 15.4 Å². The largest absolute Gasteiger partial charge is 0.490 e. The van der Waals surface area contributed by atoms with Gasteiger partial charge in [0.15, 0.2) is 0 Å². The Labute approximate surface area is 121 Å². The molecule has 20 heavy (non-hydrogen) atoms. The molecule has 0 fully saturated rings. The predicted molar refractivity (Wildman–Crippen MR) is 81.8 cm³/mol. The summed E-state index contributed by atoms with van der Waals surface area (Å²) < 4.78 is 5.61. The van der Waals surface area contributed by atoms with E-state index in [1.807, 2.05) is 55.0 Å². The van der Waals surface area contributed by atoms with Gasteiger partial charge in [-0.05, 0) is 33.0 Å². The minimum atomic E-state index is 0.150. The van der Waals surface area contributed by atoms with Gasteiger partial charge in [-0.1, -0.05) is 12.1 Å². The third-order valence-electron chi connectivity index (χ3n) is 3.17. The highest BCUT2D eigenvalue weighted by atomic mass is 16.5. The summed E-state index contributed by atoms with van der Waals surface area (Å²) in [5.41, 5.74) is 6.43. The summed E-state index contributed by atoms with van der Waals surface area (Å²) in [4.78, 5) is 15.7. The van der Waals surface area contributed by atoms with Crippen molar-refractivity contribution in [3.05, 3.63) is 24.3 Å². The van der Waals surface area contributed by atoms with Crippen molar-refractivity contribution in [3.63, 3.8) is 0 Å². The molecule has 1 aromatic rings. The monoisotopic (exact) mass is 279 g/mol. The number of hydrogen-bond donors (Lipinski definition) is 1. The molecule has 0 aromatic heterocycles. The van der Waals surface area contributed by atoms with Crippen LogP contribution in [0.3, 0.4) is 0 Å². The number of hydrogen-bond acceptors (Lipinski definition) is 4. The van der Waals surface area contributed by atoms with Crippen LogP contribution in [-0.4, -0.2) is 55.5 Å². The number of para-hydroxylation sites is 2. The zero-order chi connectivity index (χ0) is 15.0. The van der Waals surface area contributed by atoms with Gasteiger partial charge in [0.25, 0.3) is 0 Å². The Morgan fingerprint density at radius 2 is 1.90 bits per heavy atom. The molecule has 0 spiro atoms. The molecule has 5 nitrogen and oxygen atoms in total. The highest BCUT2D eigenvalue weighted by Gasteiger charge is 2.12. The van der Waals surface area contributed by atoms with Gasteiger partial charge in [-0.25, -0.2) is 0 Å². The van der Waals surface area contributed by atoms with Gasteiger partial charge in [-0.3, -0.25) is 9.69 Å². The molecule has 0 saturated heterocycles. The van der Waals surface area contributed by atoms with Gasteiger partial charge in [-0.2, -0.15) is 0 Å². The molecular formula is C15H25N3O2. The fourth-order valence-electron chi connectivity index (χ4n) is 1.91. The highest BCUT2D eigenvalue weighted by Crippen LogP contribution is 2.19. The third kappa shape index (κ3) is 5.09. The predicted octanol–water partition coefficient (Wildman–Crippen LogP) is 1.45. The second-order valence-electron chi connectivity index (χ2n) is 4.69. The van der Waals surface area contributed by atoms with E-state index in [9.17, 15) is 4.79 Å². The van der Waals surface area contributed by atoms with Crippen molar-refractivity contribution in [2.75, 3.05) is 45.6 Å². The Hall–Kier alpha value is -1.75. The molecular weight excluding hydrogens is 254 g/mol. The molecule has 0 saturated carbocycles. The van der Waals surface area contributed by atoms with Crippen LogP contribution in [0.5, 0.6) is 5.75 Å². The average Bonchev–Trinajstić information content (AvgIpc) is 2.42. The molecule has 0 radical (unpaired) electrons. The topological polar surface area (TPSA) is 58.8 Å². The molecule has 1 rings (SSSR count). The van der Waals surface area contributed by atoms with Gasteiger partial charge >= 0.3 is 0 Å². The quantitative estimate of drug-likeness (QED) is 0.732. The van der Waals surface area contributed by atoms with E-state index in [1.165, 1.54) is 0 Å². The van der Waals surface area contributed by atoms with Gasteiger partial charge in [0.1, 0.15) is 12.4 Å². The lowest BCUT2D eigenvalue weighted by atomic mass is 10.3. The molecule has 1 amide bonds. The van der Waals surface area contributed by atoms with Crippen molar-refractivity contribution >= 4 is 11.6 Å². The van der Waals surface area contributed by atoms with Crippen molar-refractivity contribution in [2.45, 2.75) is 13.8 Å². The summed E-state index contributed by atoms with van der Waals surface area (Å²) in [7, 11) is 1.92. The van der Waals surface area contributed by atoms with Crippen molar-refractivity contribution in [1.29, 1.82) is 0 Å². The Kier molecular flexibility index (Phi) is 6.87. The van der Waals surface area contributed by atoms with Gasteiger partial charge in [0.2, 0.25) is 5.91 Å². The molecule has 0 aliphatic heterocycles.